The van der Waals surface area contributed by atoms with Gasteiger partial charge in [-0.2, -0.15) is 0 Å². The molecule has 1 saturated heterocycles. The highest BCUT2D eigenvalue weighted by Gasteiger charge is 2.10. The van der Waals surface area contributed by atoms with Crippen LogP contribution in [0.25, 0.3) is 0 Å². The second-order valence-corrected chi connectivity index (χ2v) is 4.81. The van der Waals surface area contributed by atoms with Crippen LogP contribution in [0.5, 0.6) is 0 Å². The molecule has 0 bridgehead atoms. The third-order valence-electron chi connectivity index (χ3n) is 3.35. The highest BCUT2D eigenvalue weighted by Crippen LogP contribution is 2.10. The van der Waals surface area contributed by atoms with Crippen LogP contribution in [0.3, 0.4) is 0 Å². The van der Waals surface area contributed by atoms with E-state index in [-0.39, 0.29) is 0 Å². The van der Waals surface area contributed by atoms with Gasteiger partial charge in [-0.3, -0.25) is 4.90 Å². The van der Waals surface area contributed by atoms with E-state index in [1.54, 1.807) is 6.20 Å². The van der Waals surface area contributed by atoms with Crippen LogP contribution in [-0.2, 0) is 17.8 Å². The lowest BCUT2D eigenvalue weighted by Crippen LogP contribution is -2.35. The third kappa shape index (κ3) is 3.39. The van der Waals surface area contributed by atoms with E-state index in [1.165, 1.54) is 11.1 Å². The number of ether oxygens (including phenoxy) is 1. The van der Waals surface area contributed by atoms with E-state index in [2.05, 4.69) is 39.5 Å². The zero-order chi connectivity index (χ0) is 12.9. The summed E-state index contributed by atoms with van der Waals surface area (Å²) < 4.78 is 7.19. The van der Waals surface area contributed by atoms with Gasteiger partial charge in [-0.15, -0.1) is 5.10 Å². The molecule has 0 saturated carbocycles. The summed E-state index contributed by atoms with van der Waals surface area (Å²) in [5.41, 5.74) is 2.60. The van der Waals surface area contributed by atoms with Gasteiger partial charge in [0.15, 0.2) is 0 Å². The van der Waals surface area contributed by atoms with Crippen molar-refractivity contribution in [1.82, 2.24) is 19.9 Å². The van der Waals surface area contributed by atoms with Crippen LogP contribution in [0.15, 0.2) is 36.7 Å². The first kappa shape index (κ1) is 12.3. The number of morpholine rings is 1. The van der Waals surface area contributed by atoms with Crippen molar-refractivity contribution in [3.63, 3.8) is 0 Å². The van der Waals surface area contributed by atoms with Crippen molar-refractivity contribution in [2.75, 3.05) is 26.3 Å². The molecule has 1 aliphatic rings. The molecule has 0 unspecified atom stereocenters. The van der Waals surface area contributed by atoms with E-state index >= 15 is 0 Å². The van der Waals surface area contributed by atoms with Gasteiger partial charge in [0.1, 0.15) is 0 Å². The van der Waals surface area contributed by atoms with Crippen molar-refractivity contribution in [3.05, 3.63) is 47.8 Å². The molecule has 0 N–H and O–H groups in total. The Bertz CT molecular complexity index is 489. The number of rotatable bonds is 4. The second kappa shape index (κ2) is 5.95. The fraction of sp³-hybridized carbons (Fsp3) is 0.429. The summed E-state index contributed by atoms with van der Waals surface area (Å²) in [7, 11) is 0. The van der Waals surface area contributed by atoms with E-state index in [4.69, 9.17) is 4.74 Å². The van der Waals surface area contributed by atoms with Crippen molar-refractivity contribution < 1.29 is 4.74 Å². The molecule has 2 heterocycles. The van der Waals surface area contributed by atoms with Crippen molar-refractivity contribution in [3.8, 4) is 0 Å². The number of benzene rings is 1. The smallest absolute Gasteiger partial charge is 0.0693 e. The quantitative estimate of drug-likeness (QED) is 0.825. The minimum absolute atomic E-state index is 0.776. The molecule has 1 aromatic carbocycles. The lowest BCUT2D eigenvalue weighted by Gasteiger charge is -2.26. The summed E-state index contributed by atoms with van der Waals surface area (Å²) in [6.45, 7) is 5.54. The molecule has 0 aliphatic carbocycles. The molecule has 1 aromatic heterocycles. The zero-order valence-corrected chi connectivity index (χ0v) is 10.9. The first-order chi connectivity index (χ1) is 9.40. The van der Waals surface area contributed by atoms with Crippen LogP contribution in [-0.4, -0.2) is 46.2 Å². The third-order valence-corrected chi connectivity index (χ3v) is 3.35. The molecule has 0 atom stereocenters. The van der Waals surface area contributed by atoms with Crippen molar-refractivity contribution in [2.24, 2.45) is 0 Å². The van der Waals surface area contributed by atoms with Crippen LogP contribution >= 0.6 is 0 Å². The highest BCUT2D eigenvalue weighted by atomic mass is 16.5. The van der Waals surface area contributed by atoms with Gasteiger partial charge in [-0.05, 0) is 11.1 Å². The van der Waals surface area contributed by atoms with Crippen LogP contribution < -0.4 is 0 Å². The van der Waals surface area contributed by atoms with E-state index in [0.717, 1.165) is 39.4 Å². The Kier molecular flexibility index (Phi) is 3.86. The molecule has 2 aromatic rings. The first-order valence-corrected chi connectivity index (χ1v) is 6.62. The molecule has 1 fully saturated rings. The average molecular weight is 258 g/mol. The minimum atomic E-state index is 0.776. The Labute approximate surface area is 112 Å². The summed E-state index contributed by atoms with van der Waals surface area (Å²) >= 11 is 0. The molecule has 19 heavy (non-hydrogen) atoms. The van der Waals surface area contributed by atoms with Crippen molar-refractivity contribution in [1.29, 1.82) is 0 Å². The molecule has 3 rings (SSSR count). The molecular weight excluding hydrogens is 240 g/mol. The van der Waals surface area contributed by atoms with Gasteiger partial charge < -0.3 is 4.74 Å². The topological polar surface area (TPSA) is 43.2 Å². The normalized spacial score (nSPS) is 16.6. The Morgan fingerprint density at radius 2 is 1.68 bits per heavy atom. The average Bonchev–Trinajstić information content (AvgIpc) is 2.95. The Hall–Kier alpha value is -1.72. The summed E-state index contributed by atoms with van der Waals surface area (Å²) in [5.74, 6) is 0. The van der Waals surface area contributed by atoms with Crippen LogP contribution in [0.1, 0.15) is 11.1 Å². The standard InChI is InChI=1S/C14H18N4O/c1-3-14(12-18-6-5-15-16-18)4-2-13(1)11-17-7-9-19-10-8-17/h1-6H,7-12H2. The van der Waals surface area contributed by atoms with E-state index in [9.17, 15) is 0 Å². The highest BCUT2D eigenvalue weighted by molar-refractivity contribution is 5.22. The fourth-order valence-corrected chi connectivity index (χ4v) is 2.27. The van der Waals surface area contributed by atoms with Crippen LogP contribution in [0, 0.1) is 0 Å². The number of hydrogen-bond donors (Lipinski definition) is 0. The molecule has 100 valence electrons. The SMILES string of the molecule is c1cn(Cc2ccc(CN3CCOCC3)cc2)nn1. The maximum atomic E-state index is 5.36. The van der Waals surface area contributed by atoms with Gasteiger partial charge in [0, 0.05) is 25.8 Å². The Morgan fingerprint density at radius 3 is 2.32 bits per heavy atom. The van der Waals surface area contributed by atoms with Crippen molar-refractivity contribution >= 4 is 0 Å². The number of aromatic nitrogens is 3. The lowest BCUT2D eigenvalue weighted by atomic mass is 10.1. The molecule has 0 amide bonds. The molecule has 0 spiro atoms. The van der Waals surface area contributed by atoms with Crippen LogP contribution in [0.4, 0.5) is 0 Å². The minimum Gasteiger partial charge on any atom is -0.379 e. The zero-order valence-electron chi connectivity index (χ0n) is 10.9. The fourth-order valence-electron chi connectivity index (χ4n) is 2.27. The van der Waals surface area contributed by atoms with Crippen molar-refractivity contribution in [2.45, 2.75) is 13.1 Å². The summed E-state index contributed by atoms with van der Waals surface area (Å²) in [4.78, 5) is 2.43. The van der Waals surface area contributed by atoms with Gasteiger partial charge >= 0.3 is 0 Å². The largest absolute Gasteiger partial charge is 0.379 e. The lowest BCUT2D eigenvalue weighted by molar-refractivity contribution is 0.0342. The summed E-state index contributed by atoms with van der Waals surface area (Å²) in [6, 6.07) is 8.72. The summed E-state index contributed by atoms with van der Waals surface area (Å²) in [6.07, 6.45) is 3.58. The maximum absolute atomic E-state index is 5.36. The molecule has 5 nitrogen and oxygen atoms in total. The van der Waals surface area contributed by atoms with E-state index in [0.29, 0.717) is 0 Å². The van der Waals surface area contributed by atoms with Gasteiger partial charge in [0.05, 0.1) is 26.0 Å². The summed E-state index contributed by atoms with van der Waals surface area (Å²) in [5, 5.41) is 7.78. The molecule has 5 heteroatoms. The molecule has 1 aliphatic heterocycles. The maximum Gasteiger partial charge on any atom is 0.0693 e. The van der Waals surface area contributed by atoms with E-state index < -0.39 is 0 Å². The Morgan fingerprint density at radius 1 is 1.00 bits per heavy atom. The van der Waals surface area contributed by atoms with Gasteiger partial charge in [0.25, 0.3) is 0 Å². The van der Waals surface area contributed by atoms with Gasteiger partial charge in [-0.1, -0.05) is 29.5 Å². The molecular formula is C14H18N4O. The molecule has 0 radical (unpaired) electrons. The van der Waals surface area contributed by atoms with Gasteiger partial charge in [0.2, 0.25) is 0 Å². The van der Waals surface area contributed by atoms with Gasteiger partial charge in [-0.25, -0.2) is 4.68 Å². The number of nitrogens with zero attached hydrogens (tertiary/aromatic N) is 4. The first-order valence-electron chi connectivity index (χ1n) is 6.62. The predicted octanol–water partition coefficient (Wildman–Crippen LogP) is 1.16. The number of hydrogen-bond acceptors (Lipinski definition) is 4. The Balaban J connectivity index is 1.58. The second-order valence-electron chi connectivity index (χ2n) is 4.81. The monoisotopic (exact) mass is 258 g/mol. The van der Waals surface area contributed by atoms with Crippen LogP contribution in [0.2, 0.25) is 0 Å². The predicted molar refractivity (Wildman–Crippen MR) is 71.7 cm³/mol. The van der Waals surface area contributed by atoms with E-state index in [1.807, 2.05) is 10.9 Å².